The number of amides is 1. The number of nitrogens with one attached hydrogen (secondary N) is 1. The summed E-state index contributed by atoms with van der Waals surface area (Å²) in [7, 11) is 0. The van der Waals surface area contributed by atoms with Crippen molar-refractivity contribution in [3.05, 3.63) is 35.1 Å². The third-order valence-corrected chi connectivity index (χ3v) is 4.82. The van der Waals surface area contributed by atoms with Crippen LogP contribution in [0.15, 0.2) is 18.6 Å². The molecular formula is C16H18F3N5OS. The van der Waals surface area contributed by atoms with Gasteiger partial charge in [0.1, 0.15) is 5.82 Å². The lowest BCUT2D eigenvalue weighted by atomic mass is 9.92. The number of carbonyl (C=O) groups excluding carboxylic acids is 1. The van der Waals surface area contributed by atoms with Gasteiger partial charge < -0.3 is 5.32 Å². The fraction of sp³-hybridized carbons (Fsp3) is 0.500. The van der Waals surface area contributed by atoms with Crippen LogP contribution in [0, 0.1) is 11.7 Å². The summed E-state index contributed by atoms with van der Waals surface area (Å²) in [5.41, 5.74) is 0. The molecule has 6 nitrogen and oxygen atoms in total. The molecule has 0 aromatic carbocycles. The lowest BCUT2D eigenvalue weighted by Crippen LogP contribution is -2.47. The highest BCUT2D eigenvalue weighted by Gasteiger charge is 2.40. The summed E-state index contributed by atoms with van der Waals surface area (Å²) in [6, 6.07) is 0. The molecule has 0 radical (unpaired) electrons. The fourth-order valence-electron chi connectivity index (χ4n) is 3.08. The first-order valence-electron chi connectivity index (χ1n) is 8.08. The van der Waals surface area contributed by atoms with Gasteiger partial charge in [0.15, 0.2) is 10.9 Å². The van der Waals surface area contributed by atoms with Gasteiger partial charge in [-0.2, -0.15) is 0 Å². The summed E-state index contributed by atoms with van der Waals surface area (Å²) >= 11 is 1.27. The van der Waals surface area contributed by atoms with E-state index in [0.717, 1.165) is 17.3 Å². The number of alkyl halides is 2. The molecule has 26 heavy (non-hydrogen) atoms. The molecule has 1 fully saturated rings. The number of nitrogens with zero attached hydrogens (tertiary/aromatic N) is 4. The van der Waals surface area contributed by atoms with Crippen LogP contribution in [0.5, 0.6) is 0 Å². The number of thiazole rings is 1. The number of carbonyl (C=O) groups is 1. The molecule has 10 heteroatoms. The predicted molar refractivity (Wildman–Crippen MR) is 90.4 cm³/mol. The quantitative estimate of drug-likeness (QED) is 0.857. The standard InChI is InChI=1S/C16H18F3N5OS/c1-10(25)23-15-22-6-13(26-15)8-24-7-11(3-16(18,19)9-24)2-14-20-4-12(17)5-21-14/h4-6,11H,2-3,7-9H2,1H3,(H,22,23,25)/t11-/m0/s1. The van der Waals surface area contributed by atoms with E-state index in [4.69, 9.17) is 0 Å². The topological polar surface area (TPSA) is 71.0 Å². The van der Waals surface area contributed by atoms with E-state index in [2.05, 4.69) is 20.3 Å². The Morgan fingerprint density at radius 3 is 2.77 bits per heavy atom. The minimum atomic E-state index is -2.81. The van der Waals surface area contributed by atoms with Crippen LogP contribution in [0.3, 0.4) is 0 Å². The Kier molecular flexibility index (Phi) is 5.52. The van der Waals surface area contributed by atoms with Gasteiger partial charge in [-0.3, -0.25) is 9.69 Å². The maximum absolute atomic E-state index is 14.1. The lowest BCUT2D eigenvalue weighted by Gasteiger charge is -2.37. The summed E-state index contributed by atoms with van der Waals surface area (Å²) < 4.78 is 41.2. The first kappa shape index (κ1) is 18.7. The Bertz CT molecular complexity index is 768. The second kappa shape index (κ2) is 7.67. The molecule has 0 unspecified atom stereocenters. The van der Waals surface area contributed by atoms with E-state index < -0.39 is 11.7 Å². The van der Waals surface area contributed by atoms with Gasteiger partial charge in [-0.15, -0.1) is 11.3 Å². The number of rotatable bonds is 5. The van der Waals surface area contributed by atoms with Crippen molar-refractivity contribution < 1.29 is 18.0 Å². The summed E-state index contributed by atoms with van der Waals surface area (Å²) in [6.45, 7) is 1.84. The van der Waals surface area contributed by atoms with Gasteiger partial charge in [-0.25, -0.2) is 28.1 Å². The van der Waals surface area contributed by atoms with Crippen molar-refractivity contribution in [2.75, 3.05) is 18.4 Å². The Morgan fingerprint density at radius 2 is 2.08 bits per heavy atom. The van der Waals surface area contributed by atoms with Gasteiger partial charge in [0, 0.05) is 43.9 Å². The monoisotopic (exact) mass is 385 g/mol. The molecule has 1 N–H and O–H groups in total. The zero-order chi connectivity index (χ0) is 18.7. The van der Waals surface area contributed by atoms with Crippen molar-refractivity contribution in [2.24, 2.45) is 5.92 Å². The van der Waals surface area contributed by atoms with Crippen molar-refractivity contribution >= 4 is 22.4 Å². The Hall–Kier alpha value is -2.07. The van der Waals surface area contributed by atoms with E-state index in [1.54, 1.807) is 11.1 Å². The molecule has 0 bridgehead atoms. The van der Waals surface area contributed by atoms with Crippen LogP contribution in [-0.4, -0.2) is 44.8 Å². The molecule has 1 aliphatic heterocycles. The molecular weight excluding hydrogens is 367 g/mol. The third-order valence-electron chi connectivity index (χ3n) is 3.92. The Balaban J connectivity index is 1.64. The summed E-state index contributed by atoms with van der Waals surface area (Å²) in [5.74, 6) is -3.56. The van der Waals surface area contributed by atoms with Crippen LogP contribution in [0.2, 0.25) is 0 Å². The highest BCUT2D eigenvalue weighted by Crippen LogP contribution is 2.33. The smallest absolute Gasteiger partial charge is 0.260 e. The van der Waals surface area contributed by atoms with Gasteiger partial charge in [0.2, 0.25) is 5.91 Å². The van der Waals surface area contributed by atoms with Crippen molar-refractivity contribution in [1.29, 1.82) is 0 Å². The van der Waals surface area contributed by atoms with E-state index in [0.29, 0.717) is 24.0 Å². The molecule has 1 atom stereocenters. The van der Waals surface area contributed by atoms with Crippen molar-refractivity contribution in [3.63, 3.8) is 0 Å². The summed E-state index contributed by atoms with van der Waals surface area (Å²) in [4.78, 5) is 25.3. The maximum Gasteiger partial charge on any atom is 0.260 e. The van der Waals surface area contributed by atoms with Gasteiger partial charge in [-0.1, -0.05) is 0 Å². The molecule has 1 aliphatic rings. The molecule has 1 saturated heterocycles. The molecule has 1 amide bonds. The van der Waals surface area contributed by atoms with Crippen LogP contribution >= 0.6 is 11.3 Å². The number of likely N-dealkylation sites (tertiary alicyclic amines) is 1. The average molecular weight is 385 g/mol. The minimum Gasteiger partial charge on any atom is -0.302 e. The van der Waals surface area contributed by atoms with E-state index >= 15 is 0 Å². The lowest BCUT2D eigenvalue weighted by molar-refractivity contribution is -0.114. The van der Waals surface area contributed by atoms with E-state index in [-0.39, 0.29) is 31.2 Å². The van der Waals surface area contributed by atoms with Crippen molar-refractivity contribution in [2.45, 2.75) is 32.2 Å². The molecule has 0 spiro atoms. The normalized spacial score (nSPS) is 20.1. The summed E-state index contributed by atoms with van der Waals surface area (Å²) in [5, 5.41) is 3.03. The number of hydrogen-bond acceptors (Lipinski definition) is 6. The first-order valence-corrected chi connectivity index (χ1v) is 8.89. The predicted octanol–water partition coefficient (Wildman–Crippen LogP) is 2.73. The SMILES string of the molecule is CC(=O)Nc1ncc(CN2C[C@@H](Cc3ncc(F)cn3)CC(F)(F)C2)s1. The summed E-state index contributed by atoms with van der Waals surface area (Å²) in [6.07, 6.45) is 3.70. The zero-order valence-electron chi connectivity index (χ0n) is 14.1. The van der Waals surface area contributed by atoms with Gasteiger partial charge >= 0.3 is 0 Å². The molecule has 3 rings (SSSR count). The molecule has 3 heterocycles. The van der Waals surface area contributed by atoms with Gasteiger partial charge in [0.25, 0.3) is 5.92 Å². The minimum absolute atomic E-state index is 0.227. The van der Waals surface area contributed by atoms with Crippen molar-refractivity contribution in [3.8, 4) is 0 Å². The van der Waals surface area contributed by atoms with Crippen molar-refractivity contribution in [1.82, 2.24) is 19.9 Å². The highest BCUT2D eigenvalue weighted by atomic mass is 32.1. The van der Waals surface area contributed by atoms with E-state index in [9.17, 15) is 18.0 Å². The fourth-order valence-corrected chi connectivity index (χ4v) is 3.98. The molecule has 0 saturated carbocycles. The molecule has 140 valence electrons. The van der Waals surface area contributed by atoms with E-state index in [1.165, 1.54) is 18.3 Å². The van der Waals surface area contributed by atoms with Gasteiger partial charge in [-0.05, 0) is 5.92 Å². The van der Waals surface area contributed by atoms with E-state index in [1.807, 2.05) is 0 Å². The number of hydrogen-bond donors (Lipinski definition) is 1. The average Bonchev–Trinajstić information content (AvgIpc) is 2.94. The number of piperidine rings is 1. The van der Waals surface area contributed by atoms with Gasteiger partial charge in [0.05, 0.1) is 18.9 Å². The first-order chi connectivity index (χ1) is 12.3. The largest absolute Gasteiger partial charge is 0.302 e. The third kappa shape index (κ3) is 5.21. The second-order valence-corrected chi connectivity index (χ2v) is 7.55. The van der Waals surface area contributed by atoms with Crippen LogP contribution < -0.4 is 5.32 Å². The van der Waals surface area contributed by atoms with Crippen LogP contribution in [0.4, 0.5) is 18.3 Å². The van der Waals surface area contributed by atoms with Crippen LogP contribution in [0.1, 0.15) is 24.0 Å². The molecule has 2 aromatic rings. The van der Waals surface area contributed by atoms with Crippen LogP contribution in [-0.2, 0) is 17.8 Å². The zero-order valence-corrected chi connectivity index (χ0v) is 14.9. The maximum atomic E-state index is 14.1. The Morgan fingerprint density at radius 1 is 1.35 bits per heavy atom. The highest BCUT2D eigenvalue weighted by molar-refractivity contribution is 7.15. The number of anilines is 1. The van der Waals surface area contributed by atoms with Crippen LogP contribution in [0.25, 0.3) is 0 Å². The number of aromatic nitrogens is 3. The molecule has 2 aromatic heterocycles. The molecule has 0 aliphatic carbocycles. The Labute approximate surface area is 152 Å². The second-order valence-electron chi connectivity index (χ2n) is 6.43. The number of halogens is 3.